The summed E-state index contributed by atoms with van der Waals surface area (Å²) in [6.45, 7) is 0. The van der Waals surface area contributed by atoms with E-state index in [0.717, 1.165) is 93.3 Å². The highest BCUT2D eigenvalue weighted by atomic mass is 79.9. The number of rotatable bonds is 11. The zero-order valence-corrected chi connectivity index (χ0v) is 36.1. The van der Waals surface area contributed by atoms with Crippen LogP contribution in [-0.4, -0.2) is 7.11 Å². The van der Waals surface area contributed by atoms with Gasteiger partial charge in [-0.15, -0.1) is 0 Å². The molecule has 0 aliphatic carbocycles. The molecule has 0 aliphatic heterocycles. The van der Waals surface area contributed by atoms with Gasteiger partial charge in [0.15, 0.2) is 0 Å². The maximum atomic E-state index is 6.27. The average molecular weight is 905 g/mol. The van der Waals surface area contributed by atoms with E-state index in [1.54, 1.807) is 7.11 Å². The van der Waals surface area contributed by atoms with Crippen molar-refractivity contribution in [3.63, 3.8) is 0 Å². The van der Waals surface area contributed by atoms with Gasteiger partial charge in [0.25, 0.3) is 0 Å². The van der Waals surface area contributed by atoms with E-state index in [-0.39, 0.29) is 0 Å². The van der Waals surface area contributed by atoms with Crippen LogP contribution in [0, 0.1) is 0 Å². The summed E-state index contributed by atoms with van der Waals surface area (Å²) in [5.74, 6) is 0.722. The molecule has 9 rings (SSSR count). The van der Waals surface area contributed by atoms with E-state index < -0.39 is 0 Å². The Hall–Kier alpha value is -6.66. The largest absolute Gasteiger partial charge is 0.497 e. The van der Waals surface area contributed by atoms with Crippen LogP contribution in [0.15, 0.2) is 233 Å². The van der Waals surface area contributed by atoms with Crippen LogP contribution in [0.3, 0.4) is 0 Å². The van der Waals surface area contributed by atoms with E-state index in [9.17, 15) is 0 Å². The van der Waals surface area contributed by atoms with Crippen molar-refractivity contribution in [3.8, 4) is 50.3 Å². The van der Waals surface area contributed by atoms with Crippen molar-refractivity contribution in [1.29, 1.82) is 0 Å². The molecule has 0 atom stereocenters. The Morgan fingerprint density at radius 1 is 0.317 bits per heavy atom. The Morgan fingerprint density at radius 3 is 0.933 bits per heavy atom. The molecule has 3 nitrogen and oxygen atoms in total. The highest BCUT2D eigenvalue weighted by Gasteiger charge is 2.27. The van der Waals surface area contributed by atoms with Crippen molar-refractivity contribution in [1.82, 2.24) is 0 Å². The Labute approximate surface area is 369 Å². The minimum atomic E-state index is 0.722. The van der Waals surface area contributed by atoms with Crippen molar-refractivity contribution < 1.29 is 4.74 Å². The second kappa shape index (κ2) is 17.7. The van der Waals surface area contributed by atoms with E-state index in [1.165, 1.54) is 0 Å². The fourth-order valence-electron chi connectivity index (χ4n) is 7.96. The van der Waals surface area contributed by atoms with Crippen LogP contribution in [0.2, 0.25) is 0 Å². The molecule has 9 aromatic carbocycles. The Kier molecular flexibility index (Phi) is 11.4. The zero-order valence-electron chi connectivity index (χ0n) is 32.9. The summed E-state index contributed by atoms with van der Waals surface area (Å²) in [6, 6.07) is 79.4. The van der Waals surface area contributed by atoms with Gasteiger partial charge in [-0.05, 0) is 64.7 Å². The Bertz CT molecular complexity index is 2580. The lowest BCUT2D eigenvalue weighted by Crippen LogP contribution is -2.16. The molecule has 0 amide bonds. The highest BCUT2D eigenvalue weighted by Crippen LogP contribution is 2.51. The predicted molar refractivity (Wildman–Crippen MR) is 260 cm³/mol. The third kappa shape index (κ3) is 8.02. The van der Waals surface area contributed by atoms with Crippen LogP contribution in [-0.2, 0) is 0 Å². The van der Waals surface area contributed by atoms with Crippen LogP contribution in [0.4, 0.5) is 34.1 Å². The van der Waals surface area contributed by atoms with E-state index in [2.05, 4.69) is 266 Å². The molecule has 9 aromatic rings. The van der Waals surface area contributed by atoms with Crippen molar-refractivity contribution >= 4 is 66.0 Å². The van der Waals surface area contributed by atoms with Crippen molar-refractivity contribution in [2.75, 3.05) is 16.9 Å². The smallest absolute Gasteiger partial charge is 0.123 e. The monoisotopic (exact) mass is 902 g/mol. The summed E-state index contributed by atoms with van der Waals surface area (Å²) in [5, 5.41) is 0. The summed E-state index contributed by atoms with van der Waals surface area (Å²) < 4.78 is 8.23. The summed E-state index contributed by atoms with van der Waals surface area (Å²) in [5.41, 5.74) is 14.8. The summed E-state index contributed by atoms with van der Waals surface area (Å²) in [7, 11) is 1.75. The average Bonchev–Trinajstić information content (AvgIpc) is 3.30. The fraction of sp³-hybridized carbons (Fsp3) is 0.0182. The minimum absolute atomic E-state index is 0.722. The molecule has 0 fully saturated rings. The number of methoxy groups -OCH3 is 1. The minimum Gasteiger partial charge on any atom is -0.497 e. The molecule has 0 spiro atoms. The molecule has 5 heteroatoms. The molecule has 0 N–H and O–H groups in total. The topological polar surface area (TPSA) is 15.7 Å². The number of nitrogens with zero attached hydrogens (tertiary/aromatic N) is 2. The maximum absolute atomic E-state index is 6.27. The van der Waals surface area contributed by atoms with Gasteiger partial charge in [-0.1, -0.05) is 202 Å². The summed E-state index contributed by atoms with van der Waals surface area (Å²) >= 11 is 7.66. The first-order valence-electron chi connectivity index (χ1n) is 19.8. The number of hydrogen-bond acceptors (Lipinski definition) is 3. The van der Waals surface area contributed by atoms with Gasteiger partial charge >= 0.3 is 0 Å². The van der Waals surface area contributed by atoms with Crippen molar-refractivity contribution in [2.45, 2.75) is 0 Å². The molecule has 0 aromatic heterocycles. The number of benzene rings is 9. The number of para-hydroxylation sites is 2. The highest BCUT2D eigenvalue weighted by molar-refractivity contribution is 9.10. The molecular formula is C55H40Br2N2O. The van der Waals surface area contributed by atoms with Crippen LogP contribution >= 0.6 is 31.9 Å². The van der Waals surface area contributed by atoms with Gasteiger partial charge in [0, 0.05) is 54.7 Å². The molecule has 290 valence electrons. The summed E-state index contributed by atoms with van der Waals surface area (Å²) in [6.07, 6.45) is 0. The van der Waals surface area contributed by atoms with E-state index in [0.29, 0.717) is 0 Å². The number of halogens is 2. The molecule has 0 unspecified atom stereocenters. The van der Waals surface area contributed by atoms with E-state index >= 15 is 0 Å². The number of ether oxygens (including phenoxy) is 1. The third-order valence-electron chi connectivity index (χ3n) is 10.6. The van der Waals surface area contributed by atoms with Gasteiger partial charge in [-0.25, -0.2) is 0 Å². The first kappa shape index (κ1) is 38.8. The van der Waals surface area contributed by atoms with Crippen LogP contribution in [0.25, 0.3) is 44.5 Å². The molecule has 0 heterocycles. The fourth-order valence-corrected chi connectivity index (χ4v) is 8.73. The van der Waals surface area contributed by atoms with E-state index in [1.807, 2.05) is 0 Å². The normalized spacial score (nSPS) is 10.9. The number of anilines is 6. The molecular weight excluding hydrogens is 864 g/mol. The van der Waals surface area contributed by atoms with Crippen molar-refractivity contribution in [3.05, 3.63) is 233 Å². The zero-order chi connectivity index (χ0) is 40.8. The van der Waals surface area contributed by atoms with Gasteiger partial charge in [0.2, 0.25) is 0 Å². The Balaban J connectivity index is 1.38. The lowest BCUT2D eigenvalue weighted by Gasteiger charge is -2.34. The summed E-state index contributed by atoms with van der Waals surface area (Å²) in [4.78, 5) is 4.75. The van der Waals surface area contributed by atoms with Crippen LogP contribution in [0.1, 0.15) is 0 Å². The molecule has 0 saturated carbocycles. The van der Waals surface area contributed by atoms with Gasteiger partial charge in [0.05, 0.1) is 29.9 Å². The van der Waals surface area contributed by atoms with Gasteiger partial charge in [0.1, 0.15) is 5.75 Å². The van der Waals surface area contributed by atoms with Gasteiger partial charge in [-0.3, -0.25) is 0 Å². The molecule has 0 bridgehead atoms. The second-order valence-electron chi connectivity index (χ2n) is 14.4. The second-order valence-corrected chi connectivity index (χ2v) is 16.2. The van der Waals surface area contributed by atoms with Crippen LogP contribution < -0.4 is 14.5 Å². The van der Waals surface area contributed by atoms with E-state index in [4.69, 9.17) is 4.74 Å². The SMILES string of the molecule is COc1cc(N(c2cccc(Br)c2)c2c(-c3ccccc3)cccc2-c2ccccc2)cc(N(c2cccc(Br)c2)c2c(-c3ccccc3)cccc2-c2ccccc2)c1. The quantitative estimate of drug-likeness (QED) is 0.129. The third-order valence-corrected chi connectivity index (χ3v) is 11.6. The molecule has 0 aliphatic rings. The first-order valence-corrected chi connectivity index (χ1v) is 21.4. The van der Waals surface area contributed by atoms with Gasteiger partial charge in [-0.2, -0.15) is 0 Å². The van der Waals surface area contributed by atoms with Gasteiger partial charge < -0.3 is 14.5 Å². The lowest BCUT2D eigenvalue weighted by atomic mass is 9.93. The van der Waals surface area contributed by atoms with Crippen molar-refractivity contribution in [2.24, 2.45) is 0 Å². The number of hydrogen-bond donors (Lipinski definition) is 0. The molecule has 0 radical (unpaired) electrons. The molecule has 60 heavy (non-hydrogen) atoms. The first-order chi connectivity index (χ1) is 29.6. The predicted octanol–water partition coefficient (Wildman–Crippen LogP) is 16.8. The molecule has 0 saturated heterocycles. The standard InChI is InChI=1S/C55H40Br2N2O/c1-60-49-37-47(58(45-28-14-26-43(56)34-45)54-50(39-18-6-2-7-19-39)30-16-31-51(54)40-20-8-3-9-21-40)36-48(38-49)59(46-29-15-27-44(57)35-46)55-52(41-22-10-4-11-23-41)32-17-33-53(55)42-24-12-5-13-25-42/h2-38H,1H3. The van der Waals surface area contributed by atoms with Crippen LogP contribution in [0.5, 0.6) is 5.75 Å². The lowest BCUT2D eigenvalue weighted by molar-refractivity contribution is 0.415. The Morgan fingerprint density at radius 2 is 0.633 bits per heavy atom. The maximum Gasteiger partial charge on any atom is 0.123 e.